The average Bonchev–Trinajstić information content (AvgIpc) is 2.86. The van der Waals surface area contributed by atoms with Gasteiger partial charge in [0.1, 0.15) is 5.88 Å². The molecule has 0 atom stereocenters. The number of hydrogen-bond acceptors (Lipinski definition) is 7. The summed E-state index contributed by atoms with van der Waals surface area (Å²) in [5, 5.41) is 13.8. The van der Waals surface area contributed by atoms with E-state index in [9.17, 15) is 0 Å². The minimum Gasteiger partial charge on any atom is -0.407 e. The third kappa shape index (κ3) is 1.99. The predicted molar refractivity (Wildman–Crippen MR) is 45.5 cm³/mol. The van der Waals surface area contributed by atoms with Crippen molar-refractivity contribution in [1.29, 1.82) is 0 Å². The van der Waals surface area contributed by atoms with Gasteiger partial charge in [0.05, 0.1) is 6.54 Å². The summed E-state index contributed by atoms with van der Waals surface area (Å²) in [6, 6.07) is 0.283. The van der Waals surface area contributed by atoms with Crippen LogP contribution in [-0.4, -0.2) is 20.3 Å². The van der Waals surface area contributed by atoms with E-state index in [1.165, 1.54) is 6.39 Å². The fourth-order valence-corrected chi connectivity index (χ4v) is 0.912. The first-order valence-corrected chi connectivity index (χ1v) is 4.29. The third-order valence-corrected chi connectivity index (χ3v) is 1.61. The lowest BCUT2D eigenvalue weighted by Crippen LogP contribution is -2.01. The molecule has 1 N–H and O–H groups in total. The molecule has 14 heavy (non-hydrogen) atoms. The Hall–Kier alpha value is -1.63. The van der Waals surface area contributed by atoms with E-state index in [2.05, 4.69) is 30.2 Å². The first kappa shape index (κ1) is 8.95. The van der Waals surface area contributed by atoms with Crippen molar-refractivity contribution in [3.8, 4) is 0 Å². The first-order valence-electron chi connectivity index (χ1n) is 3.76. The number of anilines is 1. The van der Waals surface area contributed by atoms with Gasteiger partial charge in [0.25, 0.3) is 0 Å². The molecule has 7 nitrogen and oxygen atoms in total. The Bertz CT molecular complexity index is 387. The normalized spacial score (nSPS) is 10.4. The van der Waals surface area contributed by atoms with Gasteiger partial charge in [-0.25, -0.2) is 0 Å². The van der Waals surface area contributed by atoms with Crippen molar-refractivity contribution in [2.24, 2.45) is 0 Å². The molecule has 0 aliphatic carbocycles. The topological polar surface area (TPSA) is 89.9 Å². The van der Waals surface area contributed by atoms with Gasteiger partial charge in [0.2, 0.25) is 12.3 Å². The van der Waals surface area contributed by atoms with E-state index in [1.54, 1.807) is 0 Å². The van der Waals surface area contributed by atoms with Gasteiger partial charge in [-0.2, -0.15) is 4.98 Å². The summed E-state index contributed by atoms with van der Waals surface area (Å²) in [6.45, 7) is 0.362. The second-order valence-corrected chi connectivity index (χ2v) is 2.60. The molecule has 0 bridgehead atoms. The number of nitrogens with zero attached hydrogens (tertiary/aromatic N) is 4. The predicted octanol–water partition coefficient (Wildman–Crippen LogP) is 0.803. The Balaban J connectivity index is 1.92. The van der Waals surface area contributed by atoms with Crippen LogP contribution in [-0.2, 0) is 12.4 Å². The highest BCUT2D eigenvalue weighted by molar-refractivity contribution is 6.16. The molecular weight excluding hydrogens is 210 g/mol. The van der Waals surface area contributed by atoms with E-state index in [4.69, 9.17) is 16.0 Å². The van der Waals surface area contributed by atoms with E-state index in [-0.39, 0.29) is 11.9 Å². The minimum atomic E-state index is 0.191. The number of alkyl halides is 1. The van der Waals surface area contributed by atoms with Crippen LogP contribution in [0, 0.1) is 0 Å². The lowest BCUT2D eigenvalue weighted by atomic mass is 10.6. The molecule has 2 aromatic rings. The smallest absolute Gasteiger partial charge is 0.315 e. The number of nitrogens with one attached hydrogen (secondary N) is 1. The summed E-state index contributed by atoms with van der Waals surface area (Å²) >= 11 is 5.48. The fraction of sp³-hybridized carbons (Fsp3) is 0.333. The summed E-state index contributed by atoms with van der Waals surface area (Å²) in [5.41, 5.74) is 0. The molecule has 0 aliphatic heterocycles. The zero-order valence-electron chi connectivity index (χ0n) is 6.97. The lowest BCUT2D eigenvalue weighted by molar-refractivity contribution is 0.410. The van der Waals surface area contributed by atoms with Crippen LogP contribution in [0.15, 0.2) is 15.3 Å². The Labute approximate surface area is 83.5 Å². The van der Waals surface area contributed by atoms with Crippen molar-refractivity contribution in [3.63, 3.8) is 0 Å². The number of halogens is 1. The minimum absolute atomic E-state index is 0.191. The van der Waals surface area contributed by atoms with Gasteiger partial charge in [-0.3, -0.25) is 0 Å². The Kier molecular flexibility index (Phi) is 2.59. The number of aromatic nitrogens is 4. The maximum Gasteiger partial charge on any atom is 0.315 e. The average molecular weight is 216 g/mol. The molecule has 8 heteroatoms. The Morgan fingerprint density at radius 1 is 1.43 bits per heavy atom. The van der Waals surface area contributed by atoms with Crippen molar-refractivity contribution >= 4 is 17.6 Å². The molecule has 0 aromatic carbocycles. The van der Waals surface area contributed by atoms with Crippen LogP contribution in [0.5, 0.6) is 0 Å². The van der Waals surface area contributed by atoms with Gasteiger partial charge in [-0.15, -0.1) is 16.7 Å². The molecule has 2 rings (SSSR count). The van der Waals surface area contributed by atoms with Crippen LogP contribution in [0.2, 0.25) is 0 Å². The van der Waals surface area contributed by atoms with Crippen LogP contribution in [0.25, 0.3) is 0 Å². The summed E-state index contributed by atoms with van der Waals surface area (Å²) in [4.78, 5) is 3.80. The molecule has 0 radical (unpaired) electrons. The molecule has 0 amide bonds. The van der Waals surface area contributed by atoms with E-state index in [0.717, 1.165) is 0 Å². The van der Waals surface area contributed by atoms with E-state index >= 15 is 0 Å². The quantitative estimate of drug-likeness (QED) is 0.755. The SMILES string of the molecule is ClCc1nnc(NCc2ncon2)o1. The highest BCUT2D eigenvalue weighted by Crippen LogP contribution is 2.07. The molecule has 0 spiro atoms. The molecule has 2 aromatic heterocycles. The van der Waals surface area contributed by atoms with E-state index in [1.807, 2.05) is 0 Å². The summed E-state index contributed by atoms with van der Waals surface area (Å²) in [6.07, 6.45) is 1.25. The Morgan fingerprint density at radius 3 is 3.00 bits per heavy atom. The second kappa shape index (κ2) is 4.05. The van der Waals surface area contributed by atoms with E-state index in [0.29, 0.717) is 18.3 Å². The maximum atomic E-state index is 5.48. The van der Waals surface area contributed by atoms with Crippen LogP contribution in [0.3, 0.4) is 0 Å². The molecule has 0 aliphatic rings. The van der Waals surface area contributed by atoms with Crippen LogP contribution >= 0.6 is 11.6 Å². The summed E-state index contributed by atoms with van der Waals surface area (Å²) in [7, 11) is 0. The van der Waals surface area contributed by atoms with Gasteiger partial charge >= 0.3 is 6.01 Å². The molecular formula is C6H6ClN5O2. The maximum absolute atomic E-state index is 5.48. The molecule has 0 unspecified atom stereocenters. The molecule has 0 fully saturated rings. The zero-order valence-corrected chi connectivity index (χ0v) is 7.73. The van der Waals surface area contributed by atoms with Gasteiger partial charge in [0, 0.05) is 0 Å². The van der Waals surface area contributed by atoms with Crippen LogP contribution < -0.4 is 5.32 Å². The van der Waals surface area contributed by atoms with Crippen molar-refractivity contribution in [1.82, 2.24) is 20.3 Å². The van der Waals surface area contributed by atoms with Crippen molar-refractivity contribution < 1.29 is 8.94 Å². The fourth-order valence-electron chi connectivity index (χ4n) is 0.804. The molecule has 0 saturated heterocycles. The van der Waals surface area contributed by atoms with Crippen LogP contribution in [0.1, 0.15) is 11.7 Å². The third-order valence-electron chi connectivity index (χ3n) is 1.39. The van der Waals surface area contributed by atoms with Gasteiger partial charge < -0.3 is 14.3 Å². The lowest BCUT2D eigenvalue weighted by Gasteiger charge is -1.93. The highest BCUT2D eigenvalue weighted by Gasteiger charge is 2.05. The van der Waals surface area contributed by atoms with Crippen molar-refractivity contribution in [2.75, 3.05) is 5.32 Å². The molecule has 0 saturated carbocycles. The summed E-state index contributed by atoms with van der Waals surface area (Å²) in [5.74, 6) is 1.06. The van der Waals surface area contributed by atoms with Crippen molar-refractivity contribution in [3.05, 3.63) is 18.1 Å². The monoisotopic (exact) mass is 215 g/mol. The second-order valence-electron chi connectivity index (χ2n) is 2.34. The largest absolute Gasteiger partial charge is 0.407 e. The summed E-state index contributed by atoms with van der Waals surface area (Å²) < 4.78 is 9.62. The van der Waals surface area contributed by atoms with E-state index < -0.39 is 0 Å². The molecule has 2 heterocycles. The van der Waals surface area contributed by atoms with Crippen LogP contribution in [0.4, 0.5) is 6.01 Å². The highest BCUT2D eigenvalue weighted by atomic mass is 35.5. The molecule has 74 valence electrons. The van der Waals surface area contributed by atoms with Gasteiger partial charge in [0.15, 0.2) is 5.82 Å². The zero-order chi connectivity index (χ0) is 9.80. The standard InChI is InChI=1S/C6H6ClN5O2/c7-1-5-10-11-6(14-5)8-2-4-9-3-13-12-4/h3H,1-2H2,(H,8,11). The Morgan fingerprint density at radius 2 is 2.36 bits per heavy atom. The number of rotatable bonds is 4. The van der Waals surface area contributed by atoms with Crippen molar-refractivity contribution in [2.45, 2.75) is 12.4 Å². The number of hydrogen-bond donors (Lipinski definition) is 1. The van der Waals surface area contributed by atoms with Gasteiger partial charge in [-0.05, 0) is 0 Å². The van der Waals surface area contributed by atoms with Gasteiger partial charge in [-0.1, -0.05) is 10.3 Å². The first-order chi connectivity index (χ1) is 6.88.